The molecule has 2 atom stereocenters. The fourth-order valence-corrected chi connectivity index (χ4v) is 10.1. The zero-order chi connectivity index (χ0) is 22.3. The standard InChI is InChI=1S/C26H31N2S4.HI/c1-5-27-22(31-20-10-12-29-24(20)27)9-7-8-18-14-19(17-26(3,4)16-18)15-23-28(6-2)25-21(32-23)11-13-30-25;/h7-15,20,24H,5-6,16-17H2,1-4H3;1H/q+1;/p-1. The lowest BCUT2D eigenvalue weighted by molar-refractivity contribution is -0.663. The van der Waals surface area contributed by atoms with Crippen molar-refractivity contribution in [3.05, 3.63) is 68.4 Å². The van der Waals surface area contributed by atoms with E-state index in [9.17, 15) is 0 Å². The molecule has 2 unspecified atom stereocenters. The van der Waals surface area contributed by atoms with Crippen molar-refractivity contribution in [1.82, 2.24) is 4.90 Å². The van der Waals surface area contributed by atoms with Crippen LogP contribution in [0.4, 0.5) is 0 Å². The van der Waals surface area contributed by atoms with Gasteiger partial charge in [0.2, 0.25) is 0 Å². The molecule has 0 saturated carbocycles. The van der Waals surface area contributed by atoms with E-state index in [0.717, 1.165) is 25.9 Å². The Balaban J connectivity index is 0.00000259. The van der Waals surface area contributed by atoms with Crippen molar-refractivity contribution in [2.24, 2.45) is 5.41 Å². The minimum atomic E-state index is 0. The first-order valence-electron chi connectivity index (χ1n) is 11.4. The molecule has 2 aliphatic heterocycles. The molecule has 1 saturated heterocycles. The average molecular weight is 627 g/mol. The van der Waals surface area contributed by atoms with Crippen molar-refractivity contribution in [3.8, 4) is 0 Å². The number of thiophene rings is 1. The summed E-state index contributed by atoms with van der Waals surface area (Å²) in [5.74, 6) is 0. The maximum Gasteiger partial charge on any atom is 0.280 e. The number of hydrogen-bond acceptors (Lipinski definition) is 5. The van der Waals surface area contributed by atoms with Crippen molar-refractivity contribution >= 4 is 61.8 Å². The highest BCUT2D eigenvalue weighted by Gasteiger charge is 2.38. The fourth-order valence-electron chi connectivity index (χ4n) is 4.89. The highest BCUT2D eigenvalue weighted by atomic mass is 127. The van der Waals surface area contributed by atoms with Crippen LogP contribution in [0, 0.1) is 5.41 Å². The summed E-state index contributed by atoms with van der Waals surface area (Å²) in [7, 11) is 0. The molecule has 0 radical (unpaired) electrons. The molecule has 0 spiro atoms. The molecular weight excluding hydrogens is 595 g/mol. The maximum absolute atomic E-state index is 2.54. The molecule has 33 heavy (non-hydrogen) atoms. The molecule has 0 amide bonds. The maximum atomic E-state index is 2.54. The molecule has 5 rings (SSSR count). The summed E-state index contributed by atoms with van der Waals surface area (Å²) in [6.45, 7) is 11.4. The van der Waals surface area contributed by atoms with E-state index in [0.29, 0.717) is 10.6 Å². The Labute approximate surface area is 231 Å². The van der Waals surface area contributed by atoms with Crippen LogP contribution in [0.2, 0.25) is 0 Å². The lowest BCUT2D eigenvalue weighted by Crippen LogP contribution is -3.00. The highest BCUT2D eigenvalue weighted by Crippen LogP contribution is 2.48. The van der Waals surface area contributed by atoms with Crippen LogP contribution in [-0.2, 0) is 6.54 Å². The van der Waals surface area contributed by atoms with Crippen LogP contribution in [0.1, 0.15) is 45.5 Å². The second kappa shape index (κ2) is 10.6. The SMILES string of the molecule is CCN1/C(=C/C=C/C2=CC(=C/c3sc4ccsc4[n+]3CC)/CC(C)(C)C2)SC2C=CSC21.[I-]. The van der Waals surface area contributed by atoms with Crippen LogP contribution in [0.15, 0.2) is 63.4 Å². The number of nitrogens with zero attached hydrogens (tertiary/aromatic N) is 2. The van der Waals surface area contributed by atoms with Gasteiger partial charge in [0.05, 0.1) is 15.7 Å². The number of thiazole rings is 1. The smallest absolute Gasteiger partial charge is 0.280 e. The van der Waals surface area contributed by atoms with Gasteiger partial charge in [-0.15, -0.1) is 11.8 Å². The highest BCUT2D eigenvalue weighted by molar-refractivity contribution is 8.08. The van der Waals surface area contributed by atoms with E-state index in [1.54, 1.807) is 0 Å². The number of fused-ring (bicyclic) bond motifs is 2. The van der Waals surface area contributed by atoms with E-state index in [1.807, 2.05) is 46.2 Å². The molecule has 1 aliphatic carbocycles. The Morgan fingerprint density at radius 1 is 1.24 bits per heavy atom. The fraction of sp³-hybridized carbons (Fsp3) is 0.423. The summed E-state index contributed by atoms with van der Waals surface area (Å²) in [5.41, 5.74) is 3.17. The van der Waals surface area contributed by atoms with Gasteiger partial charge in [0.1, 0.15) is 11.2 Å². The van der Waals surface area contributed by atoms with Gasteiger partial charge in [-0.3, -0.25) is 0 Å². The second-order valence-electron chi connectivity index (χ2n) is 9.32. The van der Waals surface area contributed by atoms with Crippen LogP contribution >= 0.6 is 46.2 Å². The summed E-state index contributed by atoms with van der Waals surface area (Å²) in [6.07, 6.45) is 16.4. The van der Waals surface area contributed by atoms with Crippen molar-refractivity contribution in [2.75, 3.05) is 6.54 Å². The first-order valence-corrected chi connectivity index (χ1v) is 14.9. The van der Waals surface area contributed by atoms with E-state index in [1.165, 1.54) is 30.7 Å². The van der Waals surface area contributed by atoms with Crippen LogP contribution in [0.5, 0.6) is 0 Å². The number of allylic oxidation sites excluding steroid dienone is 6. The van der Waals surface area contributed by atoms with E-state index in [-0.39, 0.29) is 29.4 Å². The van der Waals surface area contributed by atoms with Crippen LogP contribution in [0.3, 0.4) is 0 Å². The summed E-state index contributed by atoms with van der Waals surface area (Å²) in [4.78, 5) is 3.95. The summed E-state index contributed by atoms with van der Waals surface area (Å²) in [5, 5.41) is 8.44. The number of aromatic nitrogens is 1. The minimum Gasteiger partial charge on any atom is -1.00 e. The number of thioether (sulfide) groups is 2. The van der Waals surface area contributed by atoms with Crippen LogP contribution in [-0.4, -0.2) is 22.1 Å². The number of rotatable bonds is 5. The molecule has 0 N–H and O–H groups in total. The van der Waals surface area contributed by atoms with Crippen LogP contribution < -0.4 is 28.5 Å². The third-order valence-electron chi connectivity index (χ3n) is 6.20. The molecule has 2 aromatic rings. The molecule has 3 aliphatic rings. The molecule has 7 heteroatoms. The predicted molar refractivity (Wildman–Crippen MR) is 146 cm³/mol. The molecular formula is C26H31IN2S4. The Bertz CT molecular complexity index is 1160. The number of hydrogen-bond donors (Lipinski definition) is 0. The van der Waals surface area contributed by atoms with Gasteiger partial charge in [-0.25, -0.2) is 0 Å². The van der Waals surface area contributed by atoms with Gasteiger partial charge in [-0.2, -0.15) is 4.57 Å². The summed E-state index contributed by atoms with van der Waals surface area (Å²) in [6, 6.07) is 2.25. The second-order valence-corrected chi connectivity index (χ2v) is 13.5. The Morgan fingerprint density at radius 2 is 2.09 bits per heavy atom. The van der Waals surface area contributed by atoms with E-state index >= 15 is 0 Å². The van der Waals surface area contributed by atoms with Crippen molar-refractivity contribution in [1.29, 1.82) is 0 Å². The van der Waals surface area contributed by atoms with Gasteiger partial charge in [0.25, 0.3) is 9.84 Å². The lowest BCUT2D eigenvalue weighted by atomic mass is 9.75. The Morgan fingerprint density at radius 3 is 2.88 bits per heavy atom. The van der Waals surface area contributed by atoms with Gasteiger partial charge in [-0.1, -0.05) is 72.6 Å². The zero-order valence-electron chi connectivity index (χ0n) is 19.6. The van der Waals surface area contributed by atoms with Gasteiger partial charge in [0.15, 0.2) is 0 Å². The minimum absolute atomic E-state index is 0. The predicted octanol–water partition coefficient (Wildman–Crippen LogP) is 4.83. The normalized spacial score (nSPS) is 26.5. The van der Waals surface area contributed by atoms with E-state index < -0.39 is 0 Å². The molecule has 176 valence electrons. The van der Waals surface area contributed by atoms with Gasteiger partial charge in [0, 0.05) is 12.6 Å². The number of aryl methyl sites for hydroxylation is 1. The summed E-state index contributed by atoms with van der Waals surface area (Å²) >= 11 is 7.74. The summed E-state index contributed by atoms with van der Waals surface area (Å²) < 4.78 is 3.87. The molecule has 1 fully saturated rings. The first-order chi connectivity index (χ1) is 15.5. The van der Waals surface area contributed by atoms with Crippen LogP contribution in [0.25, 0.3) is 15.6 Å². The largest absolute Gasteiger partial charge is 1.00 e. The molecule has 2 aromatic heterocycles. The van der Waals surface area contributed by atoms with E-state index in [4.69, 9.17) is 0 Å². The first kappa shape index (κ1) is 25.6. The molecule has 0 bridgehead atoms. The monoisotopic (exact) mass is 626 g/mol. The molecule has 4 heterocycles. The Hall–Kier alpha value is -0.480. The molecule has 0 aromatic carbocycles. The third-order valence-corrected chi connectivity index (χ3v) is 11.0. The third kappa shape index (κ3) is 5.37. The molecule has 2 nitrogen and oxygen atoms in total. The average Bonchev–Trinajstić information content (AvgIpc) is 3.47. The van der Waals surface area contributed by atoms with E-state index in [2.05, 4.69) is 90.5 Å². The van der Waals surface area contributed by atoms with Crippen molar-refractivity contribution < 1.29 is 28.5 Å². The van der Waals surface area contributed by atoms with Gasteiger partial charge in [-0.05, 0) is 66.2 Å². The topological polar surface area (TPSA) is 7.12 Å². The van der Waals surface area contributed by atoms with Crippen molar-refractivity contribution in [3.63, 3.8) is 0 Å². The van der Waals surface area contributed by atoms with Gasteiger partial charge >= 0.3 is 0 Å². The van der Waals surface area contributed by atoms with Gasteiger partial charge < -0.3 is 28.9 Å². The Kier molecular flexibility index (Phi) is 8.26. The van der Waals surface area contributed by atoms with Crippen molar-refractivity contribution in [2.45, 2.75) is 57.7 Å². The lowest BCUT2D eigenvalue weighted by Gasteiger charge is -2.30. The number of halogens is 1. The zero-order valence-corrected chi connectivity index (χ0v) is 25.0. The quantitative estimate of drug-likeness (QED) is 0.348.